The molecule has 0 aliphatic carbocycles. The highest BCUT2D eigenvalue weighted by molar-refractivity contribution is 5.47. The summed E-state index contributed by atoms with van der Waals surface area (Å²) in [6, 6.07) is 16.3. The van der Waals surface area contributed by atoms with Crippen LogP contribution in [-0.2, 0) is 17.8 Å². The highest BCUT2D eigenvalue weighted by Crippen LogP contribution is 2.18. The van der Waals surface area contributed by atoms with Crippen LogP contribution >= 0.6 is 0 Å². The molecule has 0 saturated carbocycles. The third-order valence-electron chi connectivity index (χ3n) is 4.46. The van der Waals surface area contributed by atoms with E-state index >= 15 is 0 Å². The number of nitrogens with one attached hydrogen (secondary N) is 1. The van der Waals surface area contributed by atoms with Crippen LogP contribution in [0, 0.1) is 0 Å². The van der Waals surface area contributed by atoms with Crippen LogP contribution in [-0.4, -0.2) is 41.1 Å². The van der Waals surface area contributed by atoms with E-state index in [0.29, 0.717) is 0 Å². The van der Waals surface area contributed by atoms with Crippen LogP contribution in [0.25, 0.3) is 5.69 Å². The molecule has 1 fully saturated rings. The zero-order valence-corrected chi connectivity index (χ0v) is 14.7. The number of morpholine rings is 1. The molecule has 0 spiro atoms. The molecule has 6 nitrogen and oxygen atoms in total. The Bertz CT molecular complexity index is 827. The molecule has 134 valence electrons. The van der Waals surface area contributed by atoms with Crippen molar-refractivity contribution in [3.63, 3.8) is 0 Å². The lowest BCUT2D eigenvalue weighted by Crippen LogP contribution is -2.37. The van der Waals surface area contributed by atoms with E-state index in [4.69, 9.17) is 4.74 Å². The average molecular weight is 349 g/mol. The predicted octanol–water partition coefficient (Wildman–Crippen LogP) is 2.39. The SMILES string of the molecule is c1ccc(-n2ccc(CNCc3cccnc3N3CCOCC3)n2)cc1. The molecular formula is C20H23N5O. The molecule has 1 N–H and O–H groups in total. The summed E-state index contributed by atoms with van der Waals surface area (Å²) in [5, 5.41) is 8.12. The van der Waals surface area contributed by atoms with E-state index in [-0.39, 0.29) is 0 Å². The van der Waals surface area contributed by atoms with E-state index < -0.39 is 0 Å². The van der Waals surface area contributed by atoms with E-state index in [1.807, 2.05) is 47.4 Å². The number of hydrogen-bond acceptors (Lipinski definition) is 5. The van der Waals surface area contributed by atoms with Gasteiger partial charge in [-0.05, 0) is 24.3 Å². The minimum atomic E-state index is 0.720. The number of para-hydroxylation sites is 1. The van der Waals surface area contributed by atoms with Gasteiger partial charge in [-0.1, -0.05) is 24.3 Å². The Kier molecular flexibility index (Phi) is 5.23. The average Bonchev–Trinajstić information content (AvgIpc) is 3.19. The monoisotopic (exact) mass is 349 g/mol. The number of pyridine rings is 1. The number of hydrogen-bond donors (Lipinski definition) is 1. The molecule has 26 heavy (non-hydrogen) atoms. The topological polar surface area (TPSA) is 55.2 Å². The van der Waals surface area contributed by atoms with Gasteiger partial charge in [-0.2, -0.15) is 5.10 Å². The van der Waals surface area contributed by atoms with Gasteiger partial charge in [0.1, 0.15) is 5.82 Å². The fourth-order valence-electron chi connectivity index (χ4n) is 3.13. The molecule has 0 amide bonds. The van der Waals surface area contributed by atoms with Gasteiger partial charge in [0, 0.05) is 44.1 Å². The second kappa shape index (κ2) is 8.12. The van der Waals surface area contributed by atoms with Crippen LogP contribution in [0.1, 0.15) is 11.3 Å². The van der Waals surface area contributed by atoms with Crippen molar-refractivity contribution in [2.24, 2.45) is 0 Å². The highest BCUT2D eigenvalue weighted by Gasteiger charge is 2.15. The molecule has 6 heteroatoms. The minimum absolute atomic E-state index is 0.720. The molecule has 0 unspecified atom stereocenters. The summed E-state index contributed by atoms with van der Waals surface area (Å²) in [4.78, 5) is 6.88. The first-order chi connectivity index (χ1) is 12.9. The summed E-state index contributed by atoms with van der Waals surface area (Å²) in [5.74, 6) is 1.05. The van der Waals surface area contributed by atoms with Crippen LogP contribution in [0.3, 0.4) is 0 Å². The quantitative estimate of drug-likeness (QED) is 0.741. The van der Waals surface area contributed by atoms with E-state index in [2.05, 4.69) is 38.5 Å². The number of rotatable bonds is 6. The number of ether oxygens (including phenoxy) is 1. The van der Waals surface area contributed by atoms with E-state index in [1.54, 1.807) is 0 Å². The maximum Gasteiger partial charge on any atom is 0.133 e. The van der Waals surface area contributed by atoms with Crippen LogP contribution in [0.15, 0.2) is 60.9 Å². The smallest absolute Gasteiger partial charge is 0.133 e. The fourth-order valence-corrected chi connectivity index (χ4v) is 3.13. The summed E-state index contributed by atoms with van der Waals surface area (Å²) < 4.78 is 7.35. The molecule has 2 aromatic heterocycles. The van der Waals surface area contributed by atoms with Gasteiger partial charge in [0.2, 0.25) is 0 Å². The number of anilines is 1. The van der Waals surface area contributed by atoms with Crippen molar-refractivity contribution in [1.82, 2.24) is 20.1 Å². The van der Waals surface area contributed by atoms with Gasteiger partial charge in [0.15, 0.2) is 0 Å². The van der Waals surface area contributed by atoms with Crippen molar-refractivity contribution in [3.05, 3.63) is 72.2 Å². The molecule has 3 heterocycles. The van der Waals surface area contributed by atoms with Crippen LogP contribution in [0.4, 0.5) is 5.82 Å². The van der Waals surface area contributed by atoms with Gasteiger partial charge in [-0.3, -0.25) is 0 Å². The summed E-state index contributed by atoms with van der Waals surface area (Å²) in [6.45, 7) is 4.80. The van der Waals surface area contributed by atoms with Crippen LogP contribution < -0.4 is 10.2 Å². The normalized spacial score (nSPS) is 14.5. The van der Waals surface area contributed by atoms with Crippen molar-refractivity contribution in [2.75, 3.05) is 31.2 Å². The summed E-state index contributed by atoms with van der Waals surface area (Å²) >= 11 is 0. The number of nitrogens with zero attached hydrogens (tertiary/aromatic N) is 4. The Morgan fingerprint density at radius 3 is 2.65 bits per heavy atom. The Morgan fingerprint density at radius 2 is 1.81 bits per heavy atom. The molecule has 1 aliphatic heterocycles. The lowest BCUT2D eigenvalue weighted by molar-refractivity contribution is 0.122. The van der Waals surface area contributed by atoms with Crippen molar-refractivity contribution in [2.45, 2.75) is 13.1 Å². The minimum Gasteiger partial charge on any atom is -0.378 e. The molecule has 3 aromatic rings. The summed E-state index contributed by atoms with van der Waals surface area (Å²) in [7, 11) is 0. The lowest BCUT2D eigenvalue weighted by Gasteiger charge is -2.29. The van der Waals surface area contributed by atoms with Gasteiger partial charge in [-0.15, -0.1) is 0 Å². The van der Waals surface area contributed by atoms with Crippen LogP contribution in [0.5, 0.6) is 0 Å². The zero-order valence-electron chi connectivity index (χ0n) is 14.7. The van der Waals surface area contributed by atoms with Crippen molar-refractivity contribution in [1.29, 1.82) is 0 Å². The van der Waals surface area contributed by atoms with Gasteiger partial charge in [0.25, 0.3) is 0 Å². The second-order valence-electron chi connectivity index (χ2n) is 6.28. The molecule has 0 atom stereocenters. The highest BCUT2D eigenvalue weighted by atomic mass is 16.5. The third-order valence-corrected chi connectivity index (χ3v) is 4.46. The molecular weight excluding hydrogens is 326 g/mol. The number of aromatic nitrogens is 3. The molecule has 1 aliphatic rings. The molecule has 4 rings (SSSR count). The van der Waals surface area contributed by atoms with Crippen molar-refractivity contribution >= 4 is 5.82 Å². The Hall–Kier alpha value is -2.70. The van der Waals surface area contributed by atoms with Crippen molar-refractivity contribution in [3.8, 4) is 5.69 Å². The van der Waals surface area contributed by atoms with Crippen molar-refractivity contribution < 1.29 is 4.74 Å². The maximum atomic E-state index is 5.44. The number of benzene rings is 1. The molecule has 0 radical (unpaired) electrons. The van der Waals surface area contributed by atoms with Gasteiger partial charge >= 0.3 is 0 Å². The third kappa shape index (κ3) is 3.92. The summed E-state index contributed by atoms with van der Waals surface area (Å²) in [6.07, 6.45) is 3.85. The zero-order chi connectivity index (χ0) is 17.6. The maximum absolute atomic E-state index is 5.44. The lowest BCUT2D eigenvalue weighted by atomic mass is 10.2. The Morgan fingerprint density at radius 1 is 0.962 bits per heavy atom. The summed E-state index contributed by atoms with van der Waals surface area (Å²) in [5.41, 5.74) is 3.29. The molecule has 1 aromatic carbocycles. The van der Waals surface area contributed by atoms with Crippen LogP contribution in [0.2, 0.25) is 0 Å². The first-order valence-electron chi connectivity index (χ1n) is 8.97. The van der Waals surface area contributed by atoms with E-state index in [1.165, 1.54) is 5.56 Å². The van der Waals surface area contributed by atoms with E-state index in [0.717, 1.165) is 56.6 Å². The standard InChI is InChI=1S/C20H23N5O/c1-2-6-19(7-3-1)25-10-8-18(23-25)16-21-15-17-5-4-9-22-20(17)24-11-13-26-14-12-24/h1-10,21H,11-16H2. The second-order valence-corrected chi connectivity index (χ2v) is 6.28. The first kappa shape index (κ1) is 16.8. The van der Waals surface area contributed by atoms with Gasteiger partial charge < -0.3 is 15.0 Å². The molecule has 0 bridgehead atoms. The van der Waals surface area contributed by atoms with Gasteiger partial charge in [-0.25, -0.2) is 9.67 Å². The van der Waals surface area contributed by atoms with Gasteiger partial charge in [0.05, 0.1) is 24.6 Å². The predicted molar refractivity (Wildman–Crippen MR) is 101 cm³/mol. The fraction of sp³-hybridized carbons (Fsp3) is 0.300. The molecule has 1 saturated heterocycles. The van der Waals surface area contributed by atoms with E-state index in [9.17, 15) is 0 Å². The Labute approximate surface area is 153 Å². The first-order valence-corrected chi connectivity index (χ1v) is 8.97. The largest absolute Gasteiger partial charge is 0.378 e. The Balaban J connectivity index is 1.37.